The molecule has 0 radical (unpaired) electrons. The summed E-state index contributed by atoms with van der Waals surface area (Å²) in [7, 11) is 0. The largest absolute Gasteiger partial charge is 0.492 e. The van der Waals surface area contributed by atoms with Gasteiger partial charge in [0.25, 0.3) is 0 Å². The lowest BCUT2D eigenvalue weighted by molar-refractivity contribution is 0.183. The number of nitrogens with two attached hydrogens (primary N) is 1. The van der Waals surface area contributed by atoms with Crippen LogP contribution < -0.4 is 10.5 Å². The molecule has 4 heteroatoms. The van der Waals surface area contributed by atoms with E-state index in [1.54, 1.807) is 0 Å². The minimum atomic E-state index is 0.0387. The van der Waals surface area contributed by atoms with Crippen LogP contribution in [-0.2, 0) is 0 Å². The SMILES string of the molecule is C[C@@H](N)c1ccc(OCCN2CCCCC2)cc1Br. The fourth-order valence-corrected chi connectivity index (χ4v) is 3.16. The van der Waals surface area contributed by atoms with Crippen molar-refractivity contribution in [2.24, 2.45) is 5.73 Å². The Morgan fingerprint density at radius 1 is 1.32 bits per heavy atom. The second-order valence-corrected chi connectivity index (χ2v) is 6.08. The molecular weight excluding hydrogens is 304 g/mol. The number of likely N-dealkylation sites (tertiary alicyclic amines) is 1. The first-order valence-electron chi connectivity index (χ1n) is 7.07. The normalized spacial score (nSPS) is 18.3. The molecule has 106 valence electrons. The fraction of sp³-hybridized carbons (Fsp3) is 0.600. The van der Waals surface area contributed by atoms with E-state index < -0.39 is 0 Å². The predicted octanol–water partition coefficient (Wildman–Crippen LogP) is 3.33. The van der Waals surface area contributed by atoms with Crippen LogP contribution in [-0.4, -0.2) is 31.1 Å². The standard InChI is InChI=1S/C15H23BrN2O/c1-12(17)14-6-5-13(11-15(14)16)19-10-9-18-7-3-2-4-8-18/h5-6,11-12H,2-4,7-10,17H2,1H3/t12-/m1/s1. The molecule has 0 amide bonds. The van der Waals surface area contributed by atoms with Gasteiger partial charge in [-0.3, -0.25) is 4.90 Å². The maximum Gasteiger partial charge on any atom is 0.120 e. The highest BCUT2D eigenvalue weighted by Gasteiger charge is 2.10. The zero-order valence-corrected chi connectivity index (χ0v) is 13.2. The maximum atomic E-state index is 5.88. The lowest BCUT2D eigenvalue weighted by Gasteiger charge is -2.26. The third kappa shape index (κ3) is 4.48. The number of nitrogens with zero attached hydrogens (tertiary/aromatic N) is 1. The zero-order chi connectivity index (χ0) is 13.7. The third-order valence-corrected chi connectivity index (χ3v) is 4.27. The Morgan fingerprint density at radius 3 is 2.68 bits per heavy atom. The van der Waals surface area contributed by atoms with Gasteiger partial charge in [-0.15, -0.1) is 0 Å². The molecule has 1 aromatic carbocycles. The molecule has 0 bridgehead atoms. The number of hydrogen-bond donors (Lipinski definition) is 1. The van der Waals surface area contributed by atoms with Crippen LogP contribution in [0.5, 0.6) is 5.75 Å². The monoisotopic (exact) mass is 326 g/mol. The van der Waals surface area contributed by atoms with E-state index in [1.165, 1.54) is 32.4 Å². The van der Waals surface area contributed by atoms with Gasteiger partial charge in [-0.25, -0.2) is 0 Å². The van der Waals surface area contributed by atoms with E-state index in [2.05, 4.69) is 20.8 Å². The third-order valence-electron chi connectivity index (χ3n) is 3.59. The summed E-state index contributed by atoms with van der Waals surface area (Å²) in [5.74, 6) is 0.910. The topological polar surface area (TPSA) is 38.5 Å². The Morgan fingerprint density at radius 2 is 2.05 bits per heavy atom. The van der Waals surface area contributed by atoms with Crippen LogP contribution in [0.4, 0.5) is 0 Å². The highest BCUT2D eigenvalue weighted by atomic mass is 79.9. The van der Waals surface area contributed by atoms with Crippen molar-refractivity contribution in [3.63, 3.8) is 0 Å². The molecule has 1 aliphatic heterocycles. The Balaban J connectivity index is 1.81. The lowest BCUT2D eigenvalue weighted by Crippen LogP contribution is -2.33. The Bertz CT molecular complexity index is 403. The van der Waals surface area contributed by atoms with Crippen LogP contribution >= 0.6 is 15.9 Å². The summed E-state index contributed by atoms with van der Waals surface area (Å²) in [4.78, 5) is 2.48. The molecule has 0 unspecified atom stereocenters. The van der Waals surface area contributed by atoms with E-state index in [0.717, 1.165) is 28.9 Å². The molecule has 1 heterocycles. The Labute approximate surface area is 124 Å². The molecular formula is C15H23BrN2O. The van der Waals surface area contributed by atoms with Gasteiger partial charge in [-0.2, -0.15) is 0 Å². The molecule has 2 rings (SSSR count). The van der Waals surface area contributed by atoms with Gasteiger partial charge in [-0.05, 0) is 50.6 Å². The second-order valence-electron chi connectivity index (χ2n) is 5.22. The van der Waals surface area contributed by atoms with E-state index >= 15 is 0 Å². The van der Waals surface area contributed by atoms with Crippen LogP contribution in [0.25, 0.3) is 0 Å². The maximum absolute atomic E-state index is 5.88. The number of rotatable bonds is 5. The van der Waals surface area contributed by atoms with Crippen LogP contribution in [0.1, 0.15) is 37.8 Å². The van der Waals surface area contributed by atoms with Crippen molar-refractivity contribution in [3.8, 4) is 5.75 Å². The first-order valence-corrected chi connectivity index (χ1v) is 7.86. The summed E-state index contributed by atoms with van der Waals surface area (Å²) < 4.78 is 6.84. The Hall–Kier alpha value is -0.580. The van der Waals surface area contributed by atoms with Crippen molar-refractivity contribution >= 4 is 15.9 Å². The molecule has 1 atom stereocenters. The van der Waals surface area contributed by atoms with E-state index in [4.69, 9.17) is 10.5 Å². The minimum Gasteiger partial charge on any atom is -0.492 e. The zero-order valence-electron chi connectivity index (χ0n) is 11.6. The predicted molar refractivity (Wildman–Crippen MR) is 82.5 cm³/mol. The highest BCUT2D eigenvalue weighted by Crippen LogP contribution is 2.26. The van der Waals surface area contributed by atoms with Crippen molar-refractivity contribution in [1.82, 2.24) is 4.90 Å². The number of halogens is 1. The number of benzene rings is 1. The summed E-state index contributed by atoms with van der Waals surface area (Å²) in [6, 6.07) is 6.08. The lowest BCUT2D eigenvalue weighted by atomic mass is 10.1. The van der Waals surface area contributed by atoms with E-state index in [1.807, 2.05) is 25.1 Å². The van der Waals surface area contributed by atoms with Crippen molar-refractivity contribution < 1.29 is 4.74 Å². The van der Waals surface area contributed by atoms with Gasteiger partial charge in [0.1, 0.15) is 12.4 Å². The first-order chi connectivity index (χ1) is 9.16. The molecule has 2 N–H and O–H groups in total. The van der Waals surface area contributed by atoms with Crippen LogP contribution in [0.2, 0.25) is 0 Å². The van der Waals surface area contributed by atoms with Gasteiger partial charge in [0.05, 0.1) is 0 Å². The summed E-state index contributed by atoms with van der Waals surface area (Å²) in [6.07, 6.45) is 4.03. The van der Waals surface area contributed by atoms with Crippen molar-refractivity contribution in [1.29, 1.82) is 0 Å². The van der Waals surface area contributed by atoms with E-state index in [9.17, 15) is 0 Å². The van der Waals surface area contributed by atoms with E-state index in [0.29, 0.717) is 0 Å². The summed E-state index contributed by atoms with van der Waals surface area (Å²) >= 11 is 3.55. The summed E-state index contributed by atoms with van der Waals surface area (Å²) in [6.45, 7) is 6.20. The van der Waals surface area contributed by atoms with Crippen molar-refractivity contribution in [2.75, 3.05) is 26.2 Å². The highest BCUT2D eigenvalue weighted by molar-refractivity contribution is 9.10. The van der Waals surface area contributed by atoms with Crippen molar-refractivity contribution in [2.45, 2.75) is 32.2 Å². The molecule has 0 saturated carbocycles. The molecule has 1 saturated heterocycles. The van der Waals surface area contributed by atoms with Gasteiger partial charge in [0, 0.05) is 17.1 Å². The number of ether oxygens (including phenoxy) is 1. The van der Waals surface area contributed by atoms with Gasteiger partial charge in [0.2, 0.25) is 0 Å². The van der Waals surface area contributed by atoms with E-state index in [-0.39, 0.29) is 6.04 Å². The molecule has 1 aromatic rings. The summed E-state index contributed by atoms with van der Waals surface area (Å²) in [5.41, 5.74) is 7.00. The molecule has 1 fully saturated rings. The van der Waals surface area contributed by atoms with Gasteiger partial charge in [-0.1, -0.05) is 28.4 Å². The molecule has 1 aliphatic rings. The van der Waals surface area contributed by atoms with Crippen LogP contribution in [0.3, 0.4) is 0 Å². The molecule has 3 nitrogen and oxygen atoms in total. The average Bonchev–Trinajstić information content (AvgIpc) is 2.39. The fourth-order valence-electron chi connectivity index (χ4n) is 2.44. The van der Waals surface area contributed by atoms with Crippen LogP contribution in [0.15, 0.2) is 22.7 Å². The van der Waals surface area contributed by atoms with Gasteiger partial charge < -0.3 is 10.5 Å². The molecule has 0 aromatic heterocycles. The molecule has 0 aliphatic carbocycles. The van der Waals surface area contributed by atoms with Gasteiger partial charge >= 0.3 is 0 Å². The molecule has 0 spiro atoms. The quantitative estimate of drug-likeness (QED) is 0.901. The molecule has 19 heavy (non-hydrogen) atoms. The van der Waals surface area contributed by atoms with Crippen LogP contribution in [0, 0.1) is 0 Å². The minimum absolute atomic E-state index is 0.0387. The summed E-state index contributed by atoms with van der Waals surface area (Å²) in [5, 5.41) is 0. The second kappa shape index (κ2) is 7.27. The number of piperidine rings is 1. The van der Waals surface area contributed by atoms with Gasteiger partial charge in [0.15, 0.2) is 0 Å². The number of hydrogen-bond acceptors (Lipinski definition) is 3. The smallest absolute Gasteiger partial charge is 0.120 e. The Kier molecular flexibility index (Phi) is 5.67. The first kappa shape index (κ1) is 14.8. The average molecular weight is 327 g/mol. The van der Waals surface area contributed by atoms with Crippen molar-refractivity contribution in [3.05, 3.63) is 28.2 Å².